The zero-order valence-electron chi connectivity index (χ0n) is 15.3. The second kappa shape index (κ2) is 8.67. The van der Waals surface area contributed by atoms with Crippen molar-refractivity contribution in [3.63, 3.8) is 0 Å². The minimum atomic E-state index is -0.430. The van der Waals surface area contributed by atoms with Crippen molar-refractivity contribution in [1.82, 2.24) is 15.8 Å². The molecule has 0 radical (unpaired) electrons. The average molecular weight is 345 g/mol. The Bertz CT molecular complexity index is 675. The third-order valence-electron chi connectivity index (χ3n) is 4.43. The first-order valence-corrected chi connectivity index (χ1v) is 8.63. The van der Waals surface area contributed by atoms with Gasteiger partial charge in [-0.15, -0.1) is 0 Å². The lowest BCUT2D eigenvalue weighted by molar-refractivity contribution is 0.216. The van der Waals surface area contributed by atoms with Crippen molar-refractivity contribution in [2.24, 2.45) is 0 Å². The van der Waals surface area contributed by atoms with Gasteiger partial charge in [-0.1, -0.05) is 43.3 Å². The summed E-state index contributed by atoms with van der Waals surface area (Å²) in [6, 6.07) is 7.16. The SMILES string of the molecule is CCc1ccc(C(CO)NC(=O)NCC(C)c2c(C)noc2C)cc1. The summed E-state index contributed by atoms with van der Waals surface area (Å²) in [5.74, 6) is 0.866. The maximum absolute atomic E-state index is 12.2. The van der Waals surface area contributed by atoms with Crippen LogP contribution in [0.5, 0.6) is 0 Å². The molecule has 3 N–H and O–H groups in total. The lowest BCUT2D eigenvalue weighted by atomic mass is 10.00. The van der Waals surface area contributed by atoms with Gasteiger partial charge in [0.1, 0.15) is 5.76 Å². The van der Waals surface area contributed by atoms with E-state index in [1.807, 2.05) is 45.0 Å². The summed E-state index contributed by atoms with van der Waals surface area (Å²) in [6.45, 7) is 8.17. The van der Waals surface area contributed by atoms with Gasteiger partial charge in [0.05, 0.1) is 18.3 Å². The van der Waals surface area contributed by atoms with E-state index in [1.54, 1.807) is 0 Å². The third-order valence-corrected chi connectivity index (χ3v) is 4.43. The number of aliphatic hydroxyl groups is 1. The molecule has 0 saturated carbocycles. The first kappa shape index (κ1) is 19.0. The summed E-state index contributed by atoms with van der Waals surface area (Å²) in [6.07, 6.45) is 0.956. The average Bonchev–Trinajstić information content (AvgIpc) is 2.96. The van der Waals surface area contributed by atoms with E-state index in [4.69, 9.17) is 4.52 Å². The fourth-order valence-electron chi connectivity index (χ4n) is 2.97. The molecule has 25 heavy (non-hydrogen) atoms. The Hall–Kier alpha value is -2.34. The van der Waals surface area contributed by atoms with E-state index in [0.717, 1.165) is 29.0 Å². The number of urea groups is 1. The molecule has 2 atom stereocenters. The van der Waals surface area contributed by atoms with Gasteiger partial charge in [0.2, 0.25) is 0 Å². The molecule has 136 valence electrons. The van der Waals surface area contributed by atoms with Crippen molar-refractivity contribution in [2.45, 2.75) is 46.1 Å². The van der Waals surface area contributed by atoms with E-state index in [0.29, 0.717) is 6.54 Å². The molecule has 0 bridgehead atoms. The second-order valence-electron chi connectivity index (χ2n) is 6.32. The smallest absolute Gasteiger partial charge is 0.315 e. The van der Waals surface area contributed by atoms with Gasteiger partial charge in [0, 0.05) is 18.0 Å². The van der Waals surface area contributed by atoms with Gasteiger partial charge < -0.3 is 20.3 Å². The molecule has 0 spiro atoms. The highest BCUT2D eigenvalue weighted by atomic mass is 16.5. The number of benzene rings is 1. The highest BCUT2D eigenvalue weighted by molar-refractivity contribution is 5.74. The third kappa shape index (κ3) is 4.82. The summed E-state index contributed by atoms with van der Waals surface area (Å²) in [4.78, 5) is 12.2. The number of hydrogen-bond donors (Lipinski definition) is 3. The Labute approximate surface area is 148 Å². The quantitative estimate of drug-likeness (QED) is 0.720. The van der Waals surface area contributed by atoms with Crippen LogP contribution < -0.4 is 10.6 Å². The van der Waals surface area contributed by atoms with Crippen LogP contribution in [0.25, 0.3) is 0 Å². The van der Waals surface area contributed by atoms with E-state index < -0.39 is 6.04 Å². The number of rotatable bonds is 7. The molecular formula is C19H27N3O3. The zero-order valence-corrected chi connectivity index (χ0v) is 15.3. The van der Waals surface area contributed by atoms with E-state index in [9.17, 15) is 9.90 Å². The fourth-order valence-corrected chi connectivity index (χ4v) is 2.97. The number of aliphatic hydroxyl groups excluding tert-OH is 1. The molecule has 6 nitrogen and oxygen atoms in total. The topological polar surface area (TPSA) is 87.4 Å². The summed E-state index contributed by atoms with van der Waals surface area (Å²) in [5.41, 5.74) is 3.97. The first-order chi connectivity index (χ1) is 12.0. The number of carbonyl (C=O) groups is 1. The van der Waals surface area contributed by atoms with Crippen LogP contribution >= 0.6 is 0 Å². The van der Waals surface area contributed by atoms with Gasteiger partial charge in [-0.05, 0) is 31.4 Å². The fraction of sp³-hybridized carbons (Fsp3) is 0.474. The molecule has 2 amide bonds. The predicted molar refractivity (Wildman–Crippen MR) is 96.6 cm³/mol. The number of nitrogens with one attached hydrogen (secondary N) is 2. The van der Waals surface area contributed by atoms with Gasteiger partial charge in [0.25, 0.3) is 0 Å². The Morgan fingerprint density at radius 2 is 1.96 bits per heavy atom. The van der Waals surface area contributed by atoms with Crippen molar-refractivity contribution < 1.29 is 14.4 Å². The van der Waals surface area contributed by atoms with E-state index in [1.165, 1.54) is 5.56 Å². The number of aryl methyl sites for hydroxylation is 3. The normalized spacial score (nSPS) is 13.3. The van der Waals surface area contributed by atoms with Crippen LogP contribution in [0, 0.1) is 13.8 Å². The predicted octanol–water partition coefficient (Wildman–Crippen LogP) is 2.99. The Morgan fingerprint density at radius 3 is 2.48 bits per heavy atom. The summed E-state index contributed by atoms with van der Waals surface area (Å²) >= 11 is 0. The van der Waals surface area contributed by atoms with E-state index in [-0.39, 0.29) is 18.6 Å². The van der Waals surface area contributed by atoms with Crippen LogP contribution in [0.3, 0.4) is 0 Å². The van der Waals surface area contributed by atoms with Crippen molar-refractivity contribution in [1.29, 1.82) is 0 Å². The van der Waals surface area contributed by atoms with Crippen molar-refractivity contribution in [2.75, 3.05) is 13.2 Å². The molecule has 0 fully saturated rings. The number of aromatic nitrogens is 1. The molecular weight excluding hydrogens is 318 g/mol. The zero-order chi connectivity index (χ0) is 18.4. The van der Waals surface area contributed by atoms with Gasteiger partial charge in [-0.25, -0.2) is 4.79 Å². The highest BCUT2D eigenvalue weighted by Crippen LogP contribution is 2.22. The molecule has 2 rings (SSSR count). The molecule has 0 aliphatic rings. The van der Waals surface area contributed by atoms with Crippen LogP contribution in [-0.4, -0.2) is 29.4 Å². The van der Waals surface area contributed by atoms with Gasteiger partial charge >= 0.3 is 6.03 Å². The molecule has 0 aliphatic heterocycles. The van der Waals surface area contributed by atoms with Crippen LogP contribution in [0.2, 0.25) is 0 Å². The lowest BCUT2D eigenvalue weighted by Gasteiger charge is -2.19. The Kier molecular flexibility index (Phi) is 6.58. The van der Waals surface area contributed by atoms with Crippen LogP contribution in [0.1, 0.15) is 54.0 Å². The Balaban J connectivity index is 1.91. The van der Waals surface area contributed by atoms with Crippen LogP contribution in [0.15, 0.2) is 28.8 Å². The summed E-state index contributed by atoms with van der Waals surface area (Å²) in [5, 5.41) is 19.2. The minimum absolute atomic E-state index is 0.0911. The van der Waals surface area contributed by atoms with Gasteiger partial charge in [-0.2, -0.15) is 0 Å². The second-order valence-corrected chi connectivity index (χ2v) is 6.32. The van der Waals surface area contributed by atoms with E-state index in [2.05, 4.69) is 22.7 Å². The first-order valence-electron chi connectivity index (χ1n) is 8.63. The maximum Gasteiger partial charge on any atom is 0.315 e. The molecule has 0 aliphatic carbocycles. The molecule has 0 saturated heterocycles. The van der Waals surface area contributed by atoms with E-state index >= 15 is 0 Å². The monoisotopic (exact) mass is 345 g/mol. The van der Waals surface area contributed by atoms with Gasteiger partial charge in [0.15, 0.2) is 0 Å². The minimum Gasteiger partial charge on any atom is -0.394 e. The number of amides is 2. The molecule has 2 aromatic rings. The standard InChI is InChI=1S/C19H27N3O3/c1-5-15-6-8-16(9-7-15)17(11-23)21-19(24)20-10-12(2)18-13(3)22-25-14(18)4/h6-9,12,17,23H,5,10-11H2,1-4H3,(H2,20,21,24). The number of hydrogen-bond acceptors (Lipinski definition) is 4. The lowest BCUT2D eigenvalue weighted by Crippen LogP contribution is -2.40. The van der Waals surface area contributed by atoms with Crippen LogP contribution in [0.4, 0.5) is 4.79 Å². The largest absolute Gasteiger partial charge is 0.394 e. The summed E-state index contributed by atoms with van der Waals surface area (Å²) < 4.78 is 5.17. The van der Waals surface area contributed by atoms with Crippen molar-refractivity contribution in [3.8, 4) is 0 Å². The molecule has 1 aromatic heterocycles. The van der Waals surface area contributed by atoms with Crippen LogP contribution in [-0.2, 0) is 6.42 Å². The molecule has 6 heteroatoms. The molecule has 2 unspecified atom stereocenters. The number of carbonyl (C=O) groups excluding carboxylic acids is 1. The van der Waals surface area contributed by atoms with Crippen molar-refractivity contribution >= 4 is 6.03 Å². The molecule has 1 heterocycles. The maximum atomic E-state index is 12.2. The number of nitrogens with zero attached hydrogens (tertiary/aromatic N) is 1. The molecule has 1 aromatic carbocycles. The van der Waals surface area contributed by atoms with Gasteiger partial charge in [-0.3, -0.25) is 0 Å². The van der Waals surface area contributed by atoms with Crippen molar-refractivity contribution in [3.05, 3.63) is 52.4 Å². The Morgan fingerprint density at radius 1 is 1.28 bits per heavy atom. The summed E-state index contributed by atoms with van der Waals surface area (Å²) in [7, 11) is 0. The highest BCUT2D eigenvalue weighted by Gasteiger charge is 2.18.